The SMILES string of the molecule is CCOC(=O)C(OC)(c1ccc(N)cc1)C(F)(F)F. The standard InChI is InChI=1S/C12H14F3NO3/c1-3-19-10(17)11(18-2,12(13,14)15)8-4-6-9(16)7-5-8/h4-7H,3,16H2,1-2H3. The van der Waals surface area contributed by atoms with Crippen LogP contribution in [0.1, 0.15) is 12.5 Å². The summed E-state index contributed by atoms with van der Waals surface area (Å²) in [7, 11) is 0.806. The fourth-order valence-electron chi connectivity index (χ4n) is 1.66. The Kier molecular flexibility index (Phi) is 4.41. The summed E-state index contributed by atoms with van der Waals surface area (Å²) in [6.45, 7) is 1.23. The largest absolute Gasteiger partial charge is 0.463 e. The first-order valence-corrected chi connectivity index (χ1v) is 5.44. The van der Waals surface area contributed by atoms with Gasteiger partial charge in [-0.25, -0.2) is 4.79 Å². The van der Waals surface area contributed by atoms with Crippen LogP contribution in [-0.2, 0) is 19.9 Å². The third kappa shape index (κ3) is 2.65. The molecule has 0 bridgehead atoms. The van der Waals surface area contributed by atoms with E-state index in [-0.39, 0.29) is 17.9 Å². The predicted molar refractivity (Wildman–Crippen MR) is 62.2 cm³/mol. The van der Waals surface area contributed by atoms with Crippen molar-refractivity contribution in [2.45, 2.75) is 18.7 Å². The highest BCUT2D eigenvalue weighted by molar-refractivity contribution is 5.82. The minimum Gasteiger partial charge on any atom is -0.463 e. The fraction of sp³-hybridized carbons (Fsp3) is 0.417. The summed E-state index contributed by atoms with van der Waals surface area (Å²) in [5.74, 6) is -1.50. The summed E-state index contributed by atoms with van der Waals surface area (Å²) in [5, 5.41) is 0. The number of benzene rings is 1. The maximum Gasteiger partial charge on any atom is 0.432 e. The minimum absolute atomic E-state index is 0.186. The van der Waals surface area contributed by atoms with Gasteiger partial charge in [0.1, 0.15) is 0 Å². The zero-order valence-electron chi connectivity index (χ0n) is 10.5. The number of rotatable bonds is 4. The lowest BCUT2D eigenvalue weighted by Crippen LogP contribution is -2.51. The van der Waals surface area contributed by atoms with E-state index in [1.807, 2.05) is 0 Å². The molecule has 0 heterocycles. The predicted octanol–water partition coefficient (Wildman–Crippen LogP) is 2.24. The third-order valence-corrected chi connectivity index (χ3v) is 2.59. The van der Waals surface area contributed by atoms with Gasteiger partial charge in [0.25, 0.3) is 5.60 Å². The highest BCUT2D eigenvalue weighted by Crippen LogP contribution is 2.43. The van der Waals surface area contributed by atoms with Crippen LogP contribution < -0.4 is 5.73 Å². The molecule has 1 rings (SSSR count). The van der Waals surface area contributed by atoms with Crippen LogP contribution >= 0.6 is 0 Å². The molecule has 0 aliphatic carbocycles. The number of halogens is 3. The maximum atomic E-state index is 13.3. The average Bonchev–Trinajstić information content (AvgIpc) is 2.31. The number of carbonyl (C=O) groups is 1. The van der Waals surface area contributed by atoms with Gasteiger partial charge in [-0.3, -0.25) is 0 Å². The average molecular weight is 277 g/mol. The molecule has 0 amide bonds. The molecule has 1 atom stereocenters. The topological polar surface area (TPSA) is 61.5 Å². The second-order valence-corrected chi connectivity index (χ2v) is 3.73. The molecular weight excluding hydrogens is 263 g/mol. The lowest BCUT2D eigenvalue weighted by molar-refractivity contribution is -0.276. The van der Waals surface area contributed by atoms with Crippen molar-refractivity contribution in [3.63, 3.8) is 0 Å². The van der Waals surface area contributed by atoms with Crippen LogP contribution in [0, 0.1) is 0 Å². The summed E-state index contributed by atoms with van der Waals surface area (Å²) >= 11 is 0. The van der Waals surface area contributed by atoms with Crippen molar-refractivity contribution in [3.8, 4) is 0 Å². The number of methoxy groups -OCH3 is 1. The van der Waals surface area contributed by atoms with Crippen molar-refractivity contribution in [1.29, 1.82) is 0 Å². The van der Waals surface area contributed by atoms with Gasteiger partial charge in [-0.15, -0.1) is 0 Å². The Hall–Kier alpha value is -1.76. The Morgan fingerprint density at radius 2 is 1.79 bits per heavy atom. The number of esters is 1. The van der Waals surface area contributed by atoms with Crippen LogP contribution in [0.2, 0.25) is 0 Å². The zero-order chi connectivity index (χ0) is 14.7. The van der Waals surface area contributed by atoms with Gasteiger partial charge < -0.3 is 15.2 Å². The number of hydrogen-bond acceptors (Lipinski definition) is 4. The van der Waals surface area contributed by atoms with E-state index in [0.29, 0.717) is 0 Å². The number of nitrogens with two attached hydrogens (primary N) is 1. The van der Waals surface area contributed by atoms with Crippen LogP contribution in [-0.4, -0.2) is 25.9 Å². The summed E-state index contributed by atoms with van der Waals surface area (Å²) in [4.78, 5) is 11.7. The highest BCUT2D eigenvalue weighted by Gasteiger charge is 2.63. The van der Waals surface area contributed by atoms with Crippen LogP contribution in [0.3, 0.4) is 0 Å². The smallest absolute Gasteiger partial charge is 0.432 e. The second-order valence-electron chi connectivity index (χ2n) is 3.73. The van der Waals surface area contributed by atoms with Crippen LogP contribution in [0.4, 0.5) is 18.9 Å². The molecule has 4 nitrogen and oxygen atoms in total. The van der Waals surface area contributed by atoms with Crippen molar-refractivity contribution in [2.75, 3.05) is 19.5 Å². The van der Waals surface area contributed by atoms with Crippen LogP contribution in [0.5, 0.6) is 0 Å². The van der Waals surface area contributed by atoms with Gasteiger partial charge in [0.2, 0.25) is 0 Å². The van der Waals surface area contributed by atoms with E-state index in [9.17, 15) is 18.0 Å². The first kappa shape index (κ1) is 15.3. The minimum atomic E-state index is -4.95. The number of carbonyl (C=O) groups excluding carboxylic acids is 1. The number of nitrogen functional groups attached to an aromatic ring is 1. The molecule has 0 radical (unpaired) electrons. The van der Waals surface area contributed by atoms with E-state index in [2.05, 4.69) is 9.47 Å². The quantitative estimate of drug-likeness (QED) is 0.677. The van der Waals surface area contributed by atoms with Gasteiger partial charge >= 0.3 is 12.1 Å². The Labute approximate surface area is 108 Å². The van der Waals surface area contributed by atoms with Gasteiger partial charge in [-0.2, -0.15) is 13.2 Å². The summed E-state index contributed by atoms with van der Waals surface area (Å²) < 4.78 is 48.8. The first-order chi connectivity index (χ1) is 8.79. The van der Waals surface area contributed by atoms with E-state index < -0.39 is 17.7 Å². The molecule has 19 heavy (non-hydrogen) atoms. The van der Waals surface area contributed by atoms with E-state index in [1.54, 1.807) is 0 Å². The molecular formula is C12H14F3NO3. The van der Waals surface area contributed by atoms with E-state index in [4.69, 9.17) is 5.73 Å². The molecule has 1 unspecified atom stereocenters. The van der Waals surface area contributed by atoms with Crippen LogP contribution in [0.15, 0.2) is 24.3 Å². The molecule has 7 heteroatoms. The molecule has 0 aromatic heterocycles. The van der Waals surface area contributed by atoms with Crippen molar-refractivity contribution in [3.05, 3.63) is 29.8 Å². The molecule has 2 N–H and O–H groups in total. The molecule has 106 valence electrons. The van der Waals surface area contributed by atoms with E-state index in [0.717, 1.165) is 19.2 Å². The molecule has 0 aliphatic rings. The molecule has 0 spiro atoms. The molecule has 1 aromatic carbocycles. The first-order valence-electron chi connectivity index (χ1n) is 5.44. The van der Waals surface area contributed by atoms with E-state index in [1.165, 1.54) is 19.1 Å². The van der Waals surface area contributed by atoms with E-state index >= 15 is 0 Å². The molecule has 0 saturated heterocycles. The third-order valence-electron chi connectivity index (χ3n) is 2.59. The Morgan fingerprint density at radius 3 is 2.16 bits per heavy atom. The lowest BCUT2D eigenvalue weighted by atomic mass is 9.92. The highest BCUT2D eigenvalue weighted by atomic mass is 19.4. The zero-order valence-corrected chi connectivity index (χ0v) is 10.5. The maximum absolute atomic E-state index is 13.3. The number of ether oxygens (including phenoxy) is 2. The van der Waals surface area contributed by atoms with Crippen molar-refractivity contribution in [2.24, 2.45) is 0 Å². The van der Waals surface area contributed by atoms with Gasteiger partial charge in [0, 0.05) is 18.4 Å². The summed E-state index contributed by atoms with van der Waals surface area (Å²) in [6.07, 6.45) is -4.95. The molecule has 0 saturated carbocycles. The number of hydrogen-bond donors (Lipinski definition) is 1. The van der Waals surface area contributed by atoms with Gasteiger partial charge in [-0.1, -0.05) is 12.1 Å². The van der Waals surface area contributed by atoms with Crippen molar-refractivity contribution >= 4 is 11.7 Å². The number of anilines is 1. The Morgan fingerprint density at radius 1 is 1.26 bits per heavy atom. The van der Waals surface area contributed by atoms with Gasteiger partial charge in [-0.05, 0) is 19.1 Å². The second kappa shape index (κ2) is 5.48. The van der Waals surface area contributed by atoms with Gasteiger partial charge in [0.05, 0.1) is 6.61 Å². The Bertz CT molecular complexity index is 445. The summed E-state index contributed by atoms with van der Waals surface area (Å²) in [6, 6.07) is 4.69. The fourth-order valence-corrected chi connectivity index (χ4v) is 1.66. The normalized spacial score (nSPS) is 14.8. The lowest BCUT2D eigenvalue weighted by Gasteiger charge is -2.32. The van der Waals surface area contributed by atoms with Crippen LogP contribution in [0.25, 0.3) is 0 Å². The van der Waals surface area contributed by atoms with Crippen molar-refractivity contribution in [1.82, 2.24) is 0 Å². The van der Waals surface area contributed by atoms with Gasteiger partial charge in [0.15, 0.2) is 0 Å². The molecule has 0 fully saturated rings. The number of alkyl halides is 3. The molecule has 1 aromatic rings. The molecule has 0 aliphatic heterocycles. The summed E-state index contributed by atoms with van der Waals surface area (Å²) in [5.41, 5.74) is 2.17. The van der Waals surface area contributed by atoms with Crippen molar-refractivity contribution < 1.29 is 27.4 Å². The monoisotopic (exact) mass is 277 g/mol. The Balaban J connectivity index is 3.40.